The number of hydrogen-bond donors (Lipinski definition) is 1. The van der Waals surface area contributed by atoms with Crippen molar-refractivity contribution in [1.82, 2.24) is 14.7 Å². The highest BCUT2D eigenvalue weighted by atomic mass is 16.3. The molecule has 0 saturated heterocycles. The Labute approximate surface area is 245 Å². The normalized spacial score (nSPS) is 25.3. The molecule has 0 unspecified atom stereocenters. The quantitative estimate of drug-likeness (QED) is 0.224. The van der Waals surface area contributed by atoms with Gasteiger partial charge in [0.25, 0.3) is 0 Å². The molecule has 0 atom stereocenters. The number of likely N-dealkylation sites (N-methyl/N-ethyl adjacent to an activating group) is 1. The third-order valence-electron chi connectivity index (χ3n) is 9.27. The van der Waals surface area contributed by atoms with E-state index in [1.54, 1.807) is 0 Å². The molecule has 3 aliphatic rings. The number of nitrogens with zero attached hydrogens (tertiary/aromatic N) is 5. The summed E-state index contributed by atoms with van der Waals surface area (Å²) in [5.74, 6) is 2.06. The Hall–Kier alpha value is -3.19. The number of benzene rings is 1. The lowest BCUT2D eigenvalue weighted by atomic mass is 9.78. The third-order valence-corrected chi connectivity index (χ3v) is 9.27. The summed E-state index contributed by atoms with van der Waals surface area (Å²) in [5.41, 5.74) is 4.34. The molecule has 5 rings (SSSR count). The molecule has 3 saturated carbocycles. The Kier molecular flexibility index (Phi) is 9.43. The molecule has 0 aliphatic heterocycles. The summed E-state index contributed by atoms with van der Waals surface area (Å²) in [6.07, 6.45) is 17.7. The van der Waals surface area contributed by atoms with E-state index in [0.29, 0.717) is 30.7 Å². The summed E-state index contributed by atoms with van der Waals surface area (Å²) in [6.45, 7) is 5.12. The SMILES string of the molecule is C=C(/C=C\C(=N/C)N(C)C)[C@H]1CC[C@H](CN(c2cccc(-c3cnn(C4CC4)c3)c2)C(=O)[C@H]2CC[C@H](O)CC2)CC1. The van der Waals surface area contributed by atoms with Gasteiger partial charge in [-0.15, -0.1) is 0 Å². The molecule has 3 aliphatic carbocycles. The minimum absolute atomic E-state index is 0.0213. The van der Waals surface area contributed by atoms with E-state index in [4.69, 9.17) is 0 Å². The van der Waals surface area contributed by atoms with Crippen LogP contribution in [-0.2, 0) is 4.79 Å². The zero-order valence-corrected chi connectivity index (χ0v) is 25.1. The van der Waals surface area contributed by atoms with Gasteiger partial charge in [0.1, 0.15) is 5.84 Å². The Morgan fingerprint density at radius 3 is 2.39 bits per heavy atom. The largest absolute Gasteiger partial charge is 0.393 e. The minimum Gasteiger partial charge on any atom is -0.393 e. The van der Waals surface area contributed by atoms with Gasteiger partial charge in [-0.1, -0.05) is 30.4 Å². The van der Waals surface area contributed by atoms with Crippen LogP contribution in [0.5, 0.6) is 0 Å². The lowest BCUT2D eigenvalue weighted by Crippen LogP contribution is -2.42. The Balaban J connectivity index is 1.29. The van der Waals surface area contributed by atoms with Crippen molar-refractivity contribution >= 4 is 17.4 Å². The van der Waals surface area contributed by atoms with Crippen molar-refractivity contribution in [3.05, 3.63) is 61.0 Å². The highest BCUT2D eigenvalue weighted by molar-refractivity contribution is 5.96. The molecule has 0 bridgehead atoms. The minimum atomic E-state index is -0.270. The summed E-state index contributed by atoms with van der Waals surface area (Å²) in [4.78, 5) is 22.4. The van der Waals surface area contributed by atoms with E-state index >= 15 is 0 Å². The molecule has 0 spiro atoms. The Morgan fingerprint density at radius 2 is 1.73 bits per heavy atom. The van der Waals surface area contributed by atoms with Gasteiger partial charge < -0.3 is 14.9 Å². The van der Waals surface area contributed by atoms with E-state index < -0.39 is 0 Å². The lowest BCUT2D eigenvalue weighted by molar-refractivity contribution is -0.124. The molecular weight excluding hydrogens is 510 g/mol. The van der Waals surface area contributed by atoms with E-state index in [0.717, 1.165) is 67.7 Å². The maximum Gasteiger partial charge on any atom is 0.230 e. The van der Waals surface area contributed by atoms with Gasteiger partial charge in [0, 0.05) is 51.1 Å². The van der Waals surface area contributed by atoms with Gasteiger partial charge in [-0.2, -0.15) is 5.10 Å². The van der Waals surface area contributed by atoms with Crippen molar-refractivity contribution in [1.29, 1.82) is 0 Å². The van der Waals surface area contributed by atoms with Gasteiger partial charge in [0.05, 0.1) is 18.3 Å². The van der Waals surface area contributed by atoms with Crippen LogP contribution in [0.1, 0.15) is 70.3 Å². The topological polar surface area (TPSA) is 74.0 Å². The first-order chi connectivity index (χ1) is 19.8. The smallest absolute Gasteiger partial charge is 0.230 e. The summed E-state index contributed by atoms with van der Waals surface area (Å²) in [6, 6.07) is 8.98. The molecule has 1 amide bonds. The molecule has 7 nitrogen and oxygen atoms in total. The molecule has 0 radical (unpaired) electrons. The maximum absolute atomic E-state index is 14.0. The monoisotopic (exact) mass is 557 g/mol. The molecule has 7 heteroatoms. The number of hydrogen-bond acceptors (Lipinski definition) is 4. The number of aliphatic hydroxyl groups excluding tert-OH is 1. The van der Waals surface area contributed by atoms with Gasteiger partial charge in [-0.3, -0.25) is 14.5 Å². The number of aromatic nitrogens is 2. The number of allylic oxidation sites excluding steroid dienone is 2. The second kappa shape index (κ2) is 13.2. The number of anilines is 1. The van der Waals surface area contributed by atoms with Crippen LogP contribution in [0.15, 0.2) is 66.0 Å². The average Bonchev–Trinajstić information content (AvgIpc) is 3.72. The third kappa shape index (κ3) is 7.37. The van der Waals surface area contributed by atoms with Crippen LogP contribution < -0.4 is 4.90 Å². The summed E-state index contributed by atoms with van der Waals surface area (Å²) in [7, 11) is 5.81. The summed E-state index contributed by atoms with van der Waals surface area (Å²) in [5, 5.41) is 14.6. The molecular formula is C34H47N5O2. The fourth-order valence-corrected chi connectivity index (χ4v) is 6.46. The predicted octanol–water partition coefficient (Wildman–Crippen LogP) is 6.28. The number of aliphatic imine (C=N–C) groups is 1. The van der Waals surface area contributed by atoms with Crippen molar-refractivity contribution in [2.45, 2.75) is 76.4 Å². The molecule has 2 aromatic rings. The van der Waals surface area contributed by atoms with Crippen LogP contribution in [0.25, 0.3) is 11.1 Å². The van der Waals surface area contributed by atoms with Gasteiger partial charge in [0.2, 0.25) is 5.91 Å². The summed E-state index contributed by atoms with van der Waals surface area (Å²) >= 11 is 0. The van der Waals surface area contributed by atoms with Crippen molar-refractivity contribution in [2.24, 2.45) is 22.7 Å². The van der Waals surface area contributed by atoms with E-state index in [1.807, 2.05) is 32.2 Å². The molecule has 1 N–H and O–H groups in total. The number of carbonyl (C=O) groups excluding carboxylic acids is 1. The Bertz CT molecular complexity index is 1260. The number of amides is 1. The van der Waals surface area contributed by atoms with Crippen molar-refractivity contribution < 1.29 is 9.90 Å². The van der Waals surface area contributed by atoms with Gasteiger partial charge >= 0.3 is 0 Å². The second-order valence-electron chi connectivity index (χ2n) is 12.5. The van der Waals surface area contributed by atoms with Crippen molar-refractivity contribution in [3.8, 4) is 11.1 Å². The van der Waals surface area contributed by atoms with Gasteiger partial charge in [-0.25, -0.2) is 0 Å². The molecule has 1 heterocycles. The predicted molar refractivity (Wildman–Crippen MR) is 167 cm³/mol. The number of aliphatic hydroxyl groups is 1. The standard InChI is InChI=1S/C34H47N5O2/c1-24(8-19-33(35-2)37(3)4)26-11-9-25(10-12-26)22-38(34(41)27-13-17-32(40)18-14-27)31-7-5-6-28(20-31)29-21-36-39(23-29)30-15-16-30/h5-8,19-21,23,25-27,30,32,40H,1,9-18,22H2,2-4H3/b19-8-,35-33+/t25-,26-,27-,32-. The first kappa shape index (κ1) is 29.3. The molecule has 3 fully saturated rings. The number of amidine groups is 1. The van der Waals surface area contributed by atoms with Crippen LogP contribution in [0.2, 0.25) is 0 Å². The Morgan fingerprint density at radius 1 is 1.02 bits per heavy atom. The van der Waals surface area contributed by atoms with Crippen molar-refractivity contribution in [3.63, 3.8) is 0 Å². The maximum atomic E-state index is 14.0. The van der Waals surface area contributed by atoms with Gasteiger partial charge in [-0.05, 0) is 99.8 Å². The first-order valence-electron chi connectivity index (χ1n) is 15.5. The molecule has 41 heavy (non-hydrogen) atoms. The van der Waals surface area contributed by atoms with E-state index in [2.05, 4.69) is 68.9 Å². The van der Waals surface area contributed by atoms with Gasteiger partial charge in [0.15, 0.2) is 0 Å². The number of carbonyl (C=O) groups is 1. The zero-order chi connectivity index (χ0) is 28.9. The fraction of sp³-hybridized carbons (Fsp3) is 0.559. The molecule has 1 aromatic carbocycles. The first-order valence-corrected chi connectivity index (χ1v) is 15.5. The van der Waals surface area contributed by atoms with Crippen LogP contribution in [0.3, 0.4) is 0 Å². The lowest BCUT2D eigenvalue weighted by Gasteiger charge is -2.36. The zero-order valence-electron chi connectivity index (χ0n) is 25.1. The van der Waals surface area contributed by atoms with Crippen LogP contribution >= 0.6 is 0 Å². The molecule has 1 aromatic heterocycles. The van der Waals surface area contributed by atoms with Crippen LogP contribution in [-0.4, -0.2) is 65.3 Å². The molecule has 220 valence electrons. The second-order valence-corrected chi connectivity index (χ2v) is 12.5. The van der Waals surface area contributed by atoms with Crippen LogP contribution in [0.4, 0.5) is 5.69 Å². The summed E-state index contributed by atoms with van der Waals surface area (Å²) < 4.78 is 2.08. The highest BCUT2D eigenvalue weighted by Crippen LogP contribution is 2.38. The fourth-order valence-electron chi connectivity index (χ4n) is 6.46. The highest BCUT2D eigenvalue weighted by Gasteiger charge is 2.32. The average molecular weight is 558 g/mol. The van der Waals surface area contributed by atoms with Crippen LogP contribution in [0, 0.1) is 17.8 Å². The number of rotatable bonds is 9. The van der Waals surface area contributed by atoms with E-state index in [9.17, 15) is 9.90 Å². The van der Waals surface area contributed by atoms with E-state index in [-0.39, 0.29) is 17.9 Å². The van der Waals surface area contributed by atoms with E-state index in [1.165, 1.54) is 18.4 Å². The van der Waals surface area contributed by atoms with Crippen molar-refractivity contribution in [2.75, 3.05) is 32.6 Å².